The third kappa shape index (κ3) is 5.37. The van der Waals surface area contributed by atoms with Crippen molar-refractivity contribution in [2.45, 2.75) is 19.8 Å². The van der Waals surface area contributed by atoms with E-state index in [1.165, 1.54) is 0 Å². The number of hydrogen-bond acceptors (Lipinski definition) is 4. The van der Waals surface area contributed by atoms with Gasteiger partial charge in [0.1, 0.15) is 5.82 Å². The van der Waals surface area contributed by atoms with Gasteiger partial charge in [0, 0.05) is 23.1 Å². The summed E-state index contributed by atoms with van der Waals surface area (Å²) < 4.78 is 0. The molecule has 1 amide bonds. The van der Waals surface area contributed by atoms with Gasteiger partial charge in [0.25, 0.3) is 5.91 Å². The van der Waals surface area contributed by atoms with Crippen LogP contribution in [0.4, 0.5) is 5.82 Å². The van der Waals surface area contributed by atoms with Crippen molar-refractivity contribution >= 4 is 34.9 Å². The average molecular weight is 353 g/mol. The van der Waals surface area contributed by atoms with Crippen molar-refractivity contribution in [2.24, 2.45) is 0 Å². The predicted molar refractivity (Wildman–Crippen MR) is 93.3 cm³/mol. The van der Waals surface area contributed by atoms with Gasteiger partial charge in [-0.05, 0) is 42.7 Å². The van der Waals surface area contributed by atoms with Gasteiger partial charge in [0.15, 0.2) is 5.69 Å². The van der Waals surface area contributed by atoms with Crippen LogP contribution in [-0.2, 0) is 6.42 Å². The van der Waals surface area contributed by atoms with E-state index < -0.39 is 0 Å². The maximum atomic E-state index is 12.0. The minimum atomic E-state index is -0.260. The highest BCUT2D eigenvalue weighted by atomic mass is 35.5. The maximum absolute atomic E-state index is 12.0. The number of nitrogens with one attached hydrogen (secondary N) is 2. The summed E-state index contributed by atoms with van der Waals surface area (Å²) >= 11 is 11.9. The first-order chi connectivity index (χ1) is 11.1. The summed E-state index contributed by atoms with van der Waals surface area (Å²) in [5, 5.41) is 15.0. The normalized spacial score (nSPS) is 10.4. The fraction of sp³-hybridized carbons (Fsp3) is 0.312. The van der Waals surface area contributed by atoms with E-state index in [1.807, 2.05) is 6.07 Å². The number of rotatable bonds is 7. The smallest absolute Gasteiger partial charge is 0.271 e. The Hall–Kier alpha value is -1.85. The van der Waals surface area contributed by atoms with E-state index >= 15 is 0 Å². The zero-order chi connectivity index (χ0) is 16.7. The molecule has 0 radical (unpaired) electrons. The molecule has 7 heteroatoms. The van der Waals surface area contributed by atoms with Gasteiger partial charge in [-0.25, -0.2) is 0 Å². The van der Waals surface area contributed by atoms with Crippen LogP contribution in [0.15, 0.2) is 30.3 Å². The Morgan fingerprint density at radius 1 is 1.13 bits per heavy atom. The number of anilines is 1. The van der Waals surface area contributed by atoms with Gasteiger partial charge < -0.3 is 10.6 Å². The van der Waals surface area contributed by atoms with Crippen molar-refractivity contribution in [1.29, 1.82) is 0 Å². The van der Waals surface area contributed by atoms with Crippen LogP contribution >= 0.6 is 23.2 Å². The predicted octanol–water partition coefficient (Wildman–Crippen LogP) is 3.58. The number of halogens is 2. The first kappa shape index (κ1) is 17.5. The Kier molecular flexibility index (Phi) is 6.62. The molecule has 0 aliphatic carbocycles. The molecule has 0 atom stereocenters. The second-order valence-corrected chi connectivity index (χ2v) is 5.82. The third-order valence-electron chi connectivity index (χ3n) is 3.15. The van der Waals surface area contributed by atoms with Crippen molar-refractivity contribution in [2.75, 3.05) is 18.4 Å². The molecule has 1 aromatic heterocycles. The molecule has 0 saturated carbocycles. The van der Waals surface area contributed by atoms with E-state index in [0.717, 1.165) is 18.5 Å². The lowest BCUT2D eigenvalue weighted by Crippen LogP contribution is -2.27. The summed E-state index contributed by atoms with van der Waals surface area (Å²) in [5.74, 6) is 0.404. The van der Waals surface area contributed by atoms with E-state index in [9.17, 15) is 4.79 Å². The van der Waals surface area contributed by atoms with Crippen LogP contribution in [-0.4, -0.2) is 29.2 Å². The van der Waals surface area contributed by atoms with E-state index in [0.29, 0.717) is 28.8 Å². The summed E-state index contributed by atoms with van der Waals surface area (Å²) in [7, 11) is 0. The molecule has 0 unspecified atom stereocenters. The van der Waals surface area contributed by atoms with Crippen molar-refractivity contribution < 1.29 is 4.79 Å². The first-order valence-electron chi connectivity index (χ1n) is 7.40. The van der Waals surface area contributed by atoms with E-state index in [1.54, 1.807) is 24.3 Å². The van der Waals surface area contributed by atoms with Gasteiger partial charge in [-0.1, -0.05) is 36.2 Å². The van der Waals surface area contributed by atoms with Gasteiger partial charge in [0.05, 0.1) is 0 Å². The number of benzene rings is 1. The summed E-state index contributed by atoms with van der Waals surface area (Å²) in [6, 6.07) is 8.71. The molecule has 0 aliphatic heterocycles. The zero-order valence-corrected chi connectivity index (χ0v) is 14.3. The highest BCUT2D eigenvalue weighted by Gasteiger charge is 2.08. The average Bonchev–Trinajstić information content (AvgIpc) is 2.55. The SMILES string of the molecule is CCCNc1ccc(C(=O)NCCc2ccc(Cl)cc2Cl)nn1. The Balaban J connectivity index is 1.84. The standard InChI is InChI=1S/C16H18Cl2N4O/c1-2-8-19-15-6-5-14(21-22-15)16(23)20-9-7-11-3-4-12(17)10-13(11)18/h3-6,10H,2,7-9H2,1H3,(H,19,22)(H,20,23). The van der Waals surface area contributed by atoms with Gasteiger partial charge in [-0.15, -0.1) is 10.2 Å². The van der Waals surface area contributed by atoms with E-state index in [2.05, 4.69) is 27.8 Å². The van der Waals surface area contributed by atoms with Crippen LogP contribution in [0.1, 0.15) is 29.4 Å². The molecule has 23 heavy (non-hydrogen) atoms. The van der Waals surface area contributed by atoms with Crippen molar-refractivity contribution in [3.63, 3.8) is 0 Å². The van der Waals surface area contributed by atoms with Gasteiger partial charge in [-0.3, -0.25) is 4.79 Å². The Labute approximate surface area is 145 Å². The highest BCUT2D eigenvalue weighted by molar-refractivity contribution is 6.35. The fourth-order valence-corrected chi connectivity index (χ4v) is 2.43. The lowest BCUT2D eigenvalue weighted by atomic mass is 10.1. The van der Waals surface area contributed by atoms with Crippen LogP contribution in [0, 0.1) is 0 Å². The summed E-state index contributed by atoms with van der Waals surface area (Å²) in [4.78, 5) is 12.0. The van der Waals surface area contributed by atoms with Gasteiger partial charge in [-0.2, -0.15) is 0 Å². The summed E-state index contributed by atoms with van der Waals surface area (Å²) in [6.07, 6.45) is 1.61. The molecule has 2 aromatic rings. The van der Waals surface area contributed by atoms with Crippen LogP contribution < -0.4 is 10.6 Å². The molecule has 1 aromatic carbocycles. The topological polar surface area (TPSA) is 66.9 Å². The van der Waals surface area contributed by atoms with Gasteiger partial charge in [0.2, 0.25) is 0 Å². The Bertz CT molecular complexity index is 662. The molecule has 1 heterocycles. The largest absolute Gasteiger partial charge is 0.369 e. The minimum absolute atomic E-state index is 0.260. The van der Waals surface area contributed by atoms with E-state index in [-0.39, 0.29) is 11.6 Å². The number of carbonyl (C=O) groups is 1. The van der Waals surface area contributed by atoms with Crippen molar-refractivity contribution in [1.82, 2.24) is 15.5 Å². The third-order valence-corrected chi connectivity index (χ3v) is 3.74. The Morgan fingerprint density at radius 3 is 2.61 bits per heavy atom. The molecule has 122 valence electrons. The molecular weight excluding hydrogens is 335 g/mol. The van der Waals surface area contributed by atoms with Crippen molar-refractivity contribution in [3.8, 4) is 0 Å². The van der Waals surface area contributed by atoms with Crippen molar-refractivity contribution in [3.05, 3.63) is 51.6 Å². The van der Waals surface area contributed by atoms with Crippen LogP contribution in [0.25, 0.3) is 0 Å². The molecule has 0 aliphatic rings. The van der Waals surface area contributed by atoms with Crippen LogP contribution in [0.2, 0.25) is 10.0 Å². The molecule has 0 saturated heterocycles. The fourth-order valence-electron chi connectivity index (χ4n) is 1.93. The van der Waals surface area contributed by atoms with Crippen LogP contribution in [0.5, 0.6) is 0 Å². The quantitative estimate of drug-likeness (QED) is 0.799. The lowest BCUT2D eigenvalue weighted by Gasteiger charge is -2.07. The second kappa shape index (κ2) is 8.70. The summed E-state index contributed by atoms with van der Waals surface area (Å²) in [6.45, 7) is 3.34. The van der Waals surface area contributed by atoms with E-state index in [4.69, 9.17) is 23.2 Å². The molecule has 0 fully saturated rings. The van der Waals surface area contributed by atoms with Gasteiger partial charge >= 0.3 is 0 Å². The number of amides is 1. The molecular formula is C16H18Cl2N4O. The molecule has 0 spiro atoms. The molecule has 0 bridgehead atoms. The minimum Gasteiger partial charge on any atom is -0.369 e. The first-order valence-corrected chi connectivity index (χ1v) is 8.15. The zero-order valence-electron chi connectivity index (χ0n) is 12.8. The number of carbonyl (C=O) groups excluding carboxylic acids is 1. The number of hydrogen-bond donors (Lipinski definition) is 2. The maximum Gasteiger partial charge on any atom is 0.271 e. The highest BCUT2D eigenvalue weighted by Crippen LogP contribution is 2.21. The lowest BCUT2D eigenvalue weighted by molar-refractivity contribution is 0.0948. The number of nitrogens with zero attached hydrogens (tertiary/aromatic N) is 2. The molecule has 5 nitrogen and oxygen atoms in total. The second-order valence-electron chi connectivity index (χ2n) is 4.97. The van der Waals surface area contributed by atoms with Crippen LogP contribution in [0.3, 0.4) is 0 Å². The number of aromatic nitrogens is 2. The Morgan fingerprint density at radius 2 is 1.96 bits per heavy atom. The monoisotopic (exact) mass is 352 g/mol. The molecule has 2 rings (SSSR count). The summed E-state index contributed by atoms with van der Waals surface area (Å²) in [5.41, 5.74) is 1.22. The molecule has 2 N–H and O–H groups in total.